The standard InChI is InChI=1S/C46H29N5/c1-4-16-30(17-5-1)43-33-22-10-13-25-36(33)47-46(48-43)51-37-26-14-11-23-34(37)41-39(51)28-29-40-42(41)45-44(50(40)32-20-8-3-9-21-32)35-24-12-15-27-38(35)49(45)31-18-6-2-7-19-31/h1-29H. The first-order valence-electron chi connectivity index (χ1n) is 17.3. The van der Waals surface area contributed by atoms with Gasteiger partial charge in [-0.3, -0.25) is 4.57 Å². The van der Waals surface area contributed by atoms with Crippen LogP contribution in [0.1, 0.15) is 0 Å². The van der Waals surface area contributed by atoms with E-state index in [-0.39, 0.29) is 0 Å². The summed E-state index contributed by atoms with van der Waals surface area (Å²) in [7, 11) is 0. The average molecular weight is 652 g/mol. The quantitative estimate of drug-likeness (QED) is 0.190. The van der Waals surface area contributed by atoms with Gasteiger partial charge in [0.25, 0.3) is 0 Å². The zero-order valence-electron chi connectivity index (χ0n) is 27.5. The minimum atomic E-state index is 0.653. The van der Waals surface area contributed by atoms with E-state index >= 15 is 0 Å². The molecule has 0 saturated heterocycles. The lowest BCUT2D eigenvalue weighted by molar-refractivity contribution is 1.01. The van der Waals surface area contributed by atoms with Crippen molar-refractivity contribution in [3.05, 3.63) is 176 Å². The summed E-state index contributed by atoms with van der Waals surface area (Å²) >= 11 is 0. The second-order valence-corrected chi connectivity index (χ2v) is 13.0. The topological polar surface area (TPSA) is 40.6 Å². The van der Waals surface area contributed by atoms with Gasteiger partial charge in [0.15, 0.2) is 0 Å². The van der Waals surface area contributed by atoms with Gasteiger partial charge in [0, 0.05) is 43.9 Å². The van der Waals surface area contributed by atoms with Gasteiger partial charge < -0.3 is 9.13 Å². The van der Waals surface area contributed by atoms with Crippen molar-refractivity contribution in [2.45, 2.75) is 0 Å². The maximum absolute atomic E-state index is 5.35. The van der Waals surface area contributed by atoms with Crippen LogP contribution in [-0.4, -0.2) is 23.7 Å². The van der Waals surface area contributed by atoms with Gasteiger partial charge in [0.2, 0.25) is 5.95 Å². The lowest BCUT2D eigenvalue weighted by Crippen LogP contribution is -2.03. The second-order valence-electron chi connectivity index (χ2n) is 13.0. The van der Waals surface area contributed by atoms with E-state index in [2.05, 4.69) is 184 Å². The molecule has 0 aliphatic heterocycles. The Balaban J connectivity index is 1.35. The lowest BCUT2D eigenvalue weighted by atomic mass is 10.1. The molecule has 0 aliphatic rings. The van der Waals surface area contributed by atoms with Crippen LogP contribution in [0.2, 0.25) is 0 Å². The Labute approximate surface area is 292 Å². The fourth-order valence-electron chi connectivity index (χ4n) is 8.16. The molecule has 4 aromatic heterocycles. The third-order valence-electron chi connectivity index (χ3n) is 10.2. The van der Waals surface area contributed by atoms with E-state index in [1.54, 1.807) is 0 Å². The van der Waals surface area contributed by atoms with Gasteiger partial charge in [0.05, 0.1) is 44.3 Å². The third kappa shape index (κ3) is 3.97. The molecule has 0 amide bonds. The molecule has 0 saturated carbocycles. The molecule has 5 heteroatoms. The Morgan fingerprint density at radius 3 is 1.53 bits per heavy atom. The average Bonchev–Trinajstić information content (AvgIpc) is 3.84. The van der Waals surface area contributed by atoms with Crippen molar-refractivity contribution >= 4 is 65.5 Å². The smallest absolute Gasteiger partial charge is 0.235 e. The first-order chi connectivity index (χ1) is 25.3. The van der Waals surface area contributed by atoms with Crippen molar-refractivity contribution in [2.24, 2.45) is 0 Å². The van der Waals surface area contributed by atoms with Crippen LogP contribution in [0.4, 0.5) is 0 Å². The van der Waals surface area contributed by atoms with Crippen molar-refractivity contribution in [1.29, 1.82) is 0 Å². The van der Waals surface area contributed by atoms with Crippen LogP contribution >= 0.6 is 0 Å². The van der Waals surface area contributed by atoms with Crippen molar-refractivity contribution in [2.75, 3.05) is 0 Å². The highest BCUT2D eigenvalue weighted by atomic mass is 15.2. The van der Waals surface area contributed by atoms with Crippen LogP contribution in [0.5, 0.6) is 0 Å². The van der Waals surface area contributed by atoms with Crippen molar-refractivity contribution in [3.63, 3.8) is 0 Å². The predicted octanol–water partition coefficient (Wildman–Crippen LogP) is 11.4. The lowest BCUT2D eigenvalue weighted by Gasteiger charge is -2.12. The Morgan fingerprint density at radius 1 is 0.333 bits per heavy atom. The highest BCUT2D eigenvalue weighted by Gasteiger charge is 2.26. The minimum absolute atomic E-state index is 0.653. The number of para-hydroxylation sites is 5. The molecule has 0 aliphatic carbocycles. The maximum Gasteiger partial charge on any atom is 0.235 e. The molecule has 0 fully saturated rings. The van der Waals surface area contributed by atoms with E-state index in [1.807, 2.05) is 6.07 Å². The molecule has 0 unspecified atom stereocenters. The predicted molar refractivity (Wildman–Crippen MR) is 210 cm³/mol. The molecule has 0 spiro atoms. The number of hydrogen-bond donors (Lipinski definition) is 0. The van der Waals surface area contributed by atoms with Crippen molar-refractivity contribution in [3.8, 4) is 28.6 Å². The Kier molecular flexibility index (Phi) is 5.89. The summed E-state index contributed by atoms with van der Waals surface area (Å²) in [4.78, 5) is 10.6. The van der Waals surface area contributed by atoms with E-state index in [0.717, 1.165) is 55.5 Å². The van der Waals surface area contributed by atoms with Crippen LogP contribution in [0.15, 0.2) is 176 Å². The molecule has 11 rings (SSSR count). The van der Waals surface area contributed by atoms with Gasteiger partial charge >= 0.3 is 0 Å². The molecular weight excluding hydrogens is 623 g/mol. The molecule has 4 heterocycles. The summed E-state index contributed by atoms with van der Waals surface area (Å²) in [6.45, 7) is 0. The van der Waals surface area contributed by atoms with E-state index in [9.17, 15) is 0 Å². The third-order valence-corrected chi connectivity index (χ3v) is 10.2. The van der Waals surface area contributed by atoms with E-state index in [1.165, 1.54) is 32.7 Å². The number of fused-ring (bicyclic) bond motifs is 10. The maximum atomic E-state index is 5.35. The monoisotopic (exact) mass is 651 g/mol. The van der Waals surface area contributed by atoms with Crippen LogP contribution in [0.25, 0.3) is 94.1 Å². The number of hydrogen-bond acceptors (Lipinski definition) is 2. The summed E-state index contributed by atoms with van der Waals surface area (Å²) in [5.74, 6) is 0.653. The van der Waals surface area contributed by atoms with Crippen molar-refractivity contribution in [1.82, 2.24) is 23.7 Å². The Morgan fingerprint density at radius 2 is 0.843 bits per heavy atom. The molecule has 7 aromatic carbocycles. The molecule has 11 aromatic rings. The highest BCUT2D eigenvalue weighted by molar-refractivity contribution is 6.31. The molecule has 0 radical (unpaired) electrons. The van der Waals surface area contributed by atoms with Crippen LogP contribution in [0, 0.1) is 0 Å². The molecule has 0 atom stereocenters. The number of nitrogens with zero attached hydrogens (tertiary/aromatic N) is 5. The fraction of sp³-hybridized carbons (Fsp3) is 0. The minimum Gasteiger partial charge on any atom is -0.307 e. The molecule has 51 heavy (non-hydrogen) atoms. The summed E-state index contributed by atoms with van der Waals surface area (Å²) in [6, 6.07) is 62.2. The molecule has 5 nitrogen and oxygen atoms in total. The summed E-state index contributed by atoms with van der Waals surface area (Å²) < 4.78 is 7.14. The molecule has 238 valence electrons. The zero-order valence-corrected chi connectivity index (χ0v) is 27.5. The Hall–Kier alpha value is -6.98. The van der Waals surface area contributed by atoms with Gasteiger partial charge in [-0.1, -0.05) is 121 Å². The van der Waals surface area contributed by atoms with E-state index < -0.39 is 0 Å². The zero-order chi connectivity index (χ0) is 33.5. The first-order valence-corrected chi connectivity index (χ1v) is 17.3. The first kappa shape index (κ1) is 27.9. The largest absolute Gasteiger partial charge is 0.307 e. The van der Waals surface area contributed by atoms with Crippen molar-refractivity contribution < 1.29 is 0 Å². The second kappa shape index (κ2) is 10.8. The number of rotatable bonds is 4. The molecular formula is C46H29N5. The van der Waals surface area contributed by atoms with Crippen LogP contribution in [0.3, 0.4) is 0 Å². The number of aromatic nitrogens is 5. The van der Waals surface area contributed by atoms with Gasteiger partial charge in [-0.25, -0.2) is 9.97 Å². The fourth-order valence-corrected chi connectivity index (χ4v) is 8.16. The summed E-state index contributed by atoms with van der Waals surface area (Å²) in [5.41, 5.74) is 12.0. The van der Waals surface area contributed by atoms with Crippen LogP contribution < -0.4 is 0 Å². The van der Waals surface area contributed by atoms with Gasteiger partial charge in [-0.2, -0.15) is 0 Å². The van der Waals surface area contributed by atoms with Gasteiger partial charge in [0.1, 0.15) is 0 Å². The van der Waals surface area contributed by atoms with E-state index in [4.69, 9.17) is 9.97 Å². The summed E-state index contributed by atoms with van der Waals surface area (Å²) in [6.07, 6.45) is 0. The summed E-state index contributed by atoms with van der Waals surface area (Å²) in [5, 5.41) is 5.78. The normalized spacial score (nSPS) is 11.9. The van der Waals surface area contributed by atoms with Gasteiger partial charge in [-0.05, 0) is 54.6 Å². The van der Waals surface area contributed by atoms with Crippen LogP contribution in [-0.2, 0) is 0 Å². The molecule has 0 N–H and O–H groups in total. The van der Waals surface area contributed by atoms with E-state index in [0.29, 0.717) is 5.95 Å². The highest BCUT2D eigenvalue weighted by Crippen LogP contribution is 2.46. The number of benzene rings is 7. The SMILES string of the molecule is c1ccc(-c2nc(-n3c4ccccc4c4c5c(ccc43)n(-c3ccccc3)c3c4ccccc4n(-c4ccccc4)c53)nc3ccccc23)cc1. The molecule has 0 bridgehead atoms. The Bertz CT molecular complexity index is 3080. The van der Waals surface area contributed by atoms with Gasteiger partial charge in [-0.15, -0.1) is 0 Å².